The van der Waals surface area contributed by atoms with Crippen LogP contribution in [-0.4, -0.2) is 37.1 Å². The van der Waals surface area contributed by atoms with E-state index in [1.807, 2.05) is 12.1 Å². The van der Waals surface area contributed by atoms with E-state index in [0.29, 0.717) is 34.5 Å². The van der Waals surface area contributed by atoms with Gasteiger partial charge in [0.1, 0.15) is 40.4 Å². The summed E-state index contributed by atoms with van der Waals surface area (Å²) in [5.41, 5.74) is 1.21. The van der Waals surface area contributed by atoms with E-state index in [2.05, 4.69) is 4.98 Å². The highest BCUT2D eigenvalue weighted by molar-refractivity contribution is 7.09. The van der Waals surface area contributed by atoms with Gasteiger partial charge in [0.2, 0.25) is 0 Å². The van der Waals surface area contributed by atoms with Crippen LogP contribution in [0.1, 0.15) is 21.1 Å². The van der Waals surface area contributed by atoms with Crippen molar-refractivity contribution in [2.24, 2.45) is 0 Å². The standard InChI is InChI=1S/C21H21FN2O4S/c1-24(11-14-4-7-17(26-2)10-19(14)27-3)21(25)18-13-29-20(23-18)12-28-16-8-5-15(22)6-9-16/h4-10,13H,11-12H2,1-3H3. The average Bonchev–Trinajstić information content (AvgIpc) is 3.22. The minimum Gasteiger partial charge on any atom is -0.497 e. The van der Waals surface area contributed by atoms with Gasteiger partial charge in [-0.25, -0.2) is 9.37 Å². The number of carbonyl (C=O) groups is 1. The van der Waals surface area contributed by atoms with Gasteiger partial charge in [0, 0.05) is 30.6 Å². The Morgan fingerprint density at radius 1 is 1.10 bits per heavy atom. The molecule has 0 N–H and O–H groups in total. The molecule has 2 aromatic carbocycles. The third-order valence-corrected chi connectivity index (χ3v) is 5.02. The van der Waals surface area contributed by atoms with Gasteiger partial charge in [-0.1, -0.05) is 0 Å². The Hall–Kier alpha value is -3.13. The number of halogens is 1. The maximum atomic E-state index is 12.9. The number of amides is 1. The number of methoxy groups -OCH3 is 2. The topological polar surface area (TPSA) is 60.9 Å². The zero-order valence-corrected chi connectivity index (χ0v) is 17.2. The Bertz CT molecular complexity index is 975. The molecule has 0 saturated heterocycles. The minimum absolute atomic E-state index is 0.202. The molecule has 1 heterocycles. The summed E-state index contributed by atoms with van der Waals surface area (Å²) in [6, 6.07) is 11.2. The molecule has 0 fully saturated rings. The van der Waals surface area contributed by atoms with Gasteiger partial charge >= 0.3 is 0 Å². The first-order valence-corrected chi connectivity index (χ1v) is 9.67. The van der Waals surface area contributed by atoms with E-state index in [9.17, 15) is 9.18 Å². The molecule has 0 aliphatic heterocycles. The van der Waals surface area contributed by atoms with Crippen LogP contribution in [0.3, 0.4) is 0 Å². The van der Waals surface area contributed by atoms with Crippen LogP contribution in [0.25, 0.3) is 0 Å². The summed E-state index contributed by atoms with van der Waals surface area (Å²) in [6.07, 6.45) is 0. The van der Waals surface area contributed by atoms with Crippen molar-refractivity contribution in [3.63, 3.8) is 0 Å². The first-order chi connectivity index (χ1) is 14.0. The quantitative estimate of drug-likeness (QED) is 0.552. The average molecular weight is 416 g/mol. The van der Waals surface area contributed by atoms with E-state index in [-0.39, 0.29) is 18.3 Å². The maximum absolute atomic E-state index is 12.9. The van der Waals surface area contributed by atoms with Gasteiger partial charge in [0.05, 0.1) is 14.2 Å². The van der Waals surface area contributed by atoms with Crippen LogP contribution in [0.15, 0.2) is 47.8 Å². The lowest BCUT2D eigenvalue weighted by Crippen LogP contribution is -2.26. The molecule has 3 aromatic rings. The lowest BCUT2D eigenvalue weighted by atomic mass is 10.1. The lowest BCUT2D eigenvalue weighted by Gasteiger charge is -2.18. The molecule has 0 unspecified atom stereocenters. The highest BCUT2D eigenvalue weighted by Crippen LogP contribution is 2.26. The molecule has 0 atom stereocenters. The molecule has 1 aromatic heterocycles. The number of carbonyl (C=O) groups excluding carboxylic acids is 1. The van der Waals surface area contributed by atoms with E-state index < -0.39 is 0 Å². The second-order valence-corrected chi connectivity index (χ2v) is 7.15. The molecule has 0 aliphatic rings. The lowest BCUT2D eigenvalue weighted by molar-refractivity contribution is 0.0779. The van der Waals surface area contributed by atoms with Crippen LogP contribution in [0.5, 0.6) is 17.2 Å². The molecule has 0 radical (unpaired) electrons. The van der Waals surface area contributed by atoms with Crippen LogP contribution in [0, 0.1) is 5.82 Å². The molecule has 3 rings (SSSR count). The van der Waals surface area contributed by atoms with Gasteiger partial charge in [0.15, 0.2) is 0 Å². The maximum Gasteiger partial charge on any atom is 0.273 e. The van der Waals surface area contributed by atoms with E-state index in [1.165, 1.54) is 23.5 Å². The third-order valence-electron chi connectivity index (χ3n) is 4.20. The second kappa shape index (κ2) is 9.38. The minimum atomic E-state index is -0.323. The van der Waals surface area contributed by atoms with Crippen molar-refractivity contribution < 1.29 is 23.4 Å². The fourth-order valence-corrected chi connectivity index (χ4v) is 3.34. The van der Waals surface area contributed by atoms with Crippen molar-refractivity contribution in [2.45, 2.75) is 13.2 Å². The summed E-state index contributed by atoms with van der Waals surface area (Å²) in [4.78, 5) is 18.6. The Balaban J connectivity index is 1.62. The molecule has 152 valence electrons. The van der Waals surface area contributed by atoms with Gasteiger partial charge in [-0.3, -0.25) is 4.79 Å². The Labute approximate surface area is 172 Å². The highest BCUT2D eigenvalue weighted by atomic mass is 32.1. The molecule has 0 spiro atoms. The van der Waals surface area contributed by atoms with E-state index >= 15 is 0 Å². The number of thiazole rings is 1. The molecular weight excluding hydrogens is 395 g/mol. The van der Waals surface area contributed by atoms with Crippen LogP contribution >= 0.6 is 11.3 Å². The van der Waals surface area contributed by atoms with E-state index in [1.54, 1.807) is 49.7 Å². The van der Waals surface area contributed by atoms with E-state index in [0.717, 1.165) is 5.56 Å². The van der Waals surface area contributed by atoms with Crippen molar-refractivity contribution in [2.75, 3.05) is 21.3 Å². The number of ether oxygens (including phenoxy) is 3. The van der Waals surface area contributed by atoms with Crippen molar-refractivity contribution in [3.8, 4) is 17.2 Å². The molecule has 0 aliphatic carbocycles. The predicted octanol–water partition coefficient (Wildman–Crippen LogP) is 4.15. The second-order valence-electron chi connectivity index (χ2n) is 6.21. The van der Waals surface area contributed by atoms with Crippen molar-refractivity contribution >= 4 is 17.2 Å². The first kappa shape index (κ1) is 20.6. The number of benzene rings is 2. The number of rotatable bonds is 8. The van der Waals surface area contributed by atoms with Crippen molar-refractivity contribution in [1.29, 1.82) is 0 Å². The molecule has 29 heavy (non-hydrogen) atoms. The van der Waals surface area contributed by atoms with Crippen LogP contribution in [-0.2, 0) is 13.2 Å². The third kappa shape index (κ3) is 5.23. The smallest absolute Gasteiger partial charge is 0.273 e. The van der Waals surface area contributed by atoms with Crippen molar-refractivity contribution in [3.05, 3.63) is 69.9 Å². The summed E-state index contributed by atoms with van der Waals surface area (Å²) < 4.78 is 29.1. The highest BCUT2D eigenvalue weighted by Gasteiger charge is 2.18. The Morgan fingerprint density at radius 3 is 2.52 bits per heavy atom. The summed E-state index contributed by atoms with van der Waals surface area (Å²) in [7, 11) is 4.87. The molecule has 0 saturated carbocycles. The summed E-state index contributed by atoms with van der Waals surface area (Å²) in [5, 5.41) is 2.36. The molecule has 8 heteroatoms. The predicted molar refractivity (Wildman–Crippen MR) is 108 cm³/mol. The summed E-state index contributed by atoms with van der Waals surface area (Å²) in [6.45, 7) is 0.574. The van der Waals surface area contributed by atoms with Gasteiger partial charge in [-0.2, -0.15) is 0 Å². The van der Waals surface area contributed by atoms with Crippen LogP contribution < -0.4 is 14.2 Å². The normalized spacial score (nSPS) is 10.5. The van der Waals surface area contributed by atoms with Crippen LogP contribution in [0.2, 0.25) is 0 Å². The molecule has 0 bridgehead atoms. The Morgan fingerprint density at radius 2 is 1.83 bits per heavy atom. The zero-order chi connectivity index (χ0) is 20.8. The van der Waals surface area contributed by atoms with Gasteiger partial charge in [-0.15, -0.1) is 11.3 Å². The molecule has 1 amide bonds. The number of nitrogens with zero attached hydrogens (tertiary/aromatic N) is 2. The van der Waals surface area contributed by atoms with Gasteiger partial charge in [-0.05, 0) is 36.4 Å². The summed E-state index contributed by atoms with van der Waals surface area (Å²) >= 11 is 1.34. The monoisotopic (exact) mass is 416 g/mol. The Kier molecular flexibility index (Phi) is 6.66. The zero-order valence-electron chi connectivity index (χ0n) is 16.3. The SMILES string of the molecule is COc1ccc(CN(C)C(=O)c2csc(COc3ccc(F)cc3)n2)c(OC)c1. The number of hydrogen-bond donors (Lipinski definition) is 0. The van der Waals surface area contributed by atoms with Gasteiger partial charge < -0.3 is 19.1 Å². The molecule has 6 nitrogen and oxygen atoms in total. The number of aromatic nitrogens is 1. The number of hydrogen-bond acceptors (Lipinski definition) is 6. The van der Waals surface area contributed by atoms with Crippen LogP contribution in [0.4, 0.5) is 4.39 Å². The van der Waals surface area contributed by atoms with Gasteiger partial charge in [0.25, 0.3) is 5.91 Å². The van der Waals surface area contributed by atoms with E-state index in [4.69, 9.17) is 14.2 Å². The van der Waals surface area contributed by atoms with Crippen molar-refractivity contribution in [1.82, 2.24) is 9.88 Å². The summed E-state index contributed by atoms with van der Waals surface area (Å²) in [5.74, 6) is 1.35. The fourth-order valence-electron chi connectivity index (χ4n) is 2.66. The molecular formula is C21H21FN2O4S. The first-order valence-electron chi connectivity index (χ1n) is 8.79. The fraction of sp³-hybridized carbons (Fsp3) is 0.238. The largest absolute Gasteiger partial charge is 0.497 e.